The number of hydrogen-bond acceptors (Lipinski definition) is 4. The van der Waals surface area contributed by atoms with Crippen molar-refractivity contribution < 1.29 is 4.42 Å². The molecule has 0 radical (unpaired) electrons. The minimum Gasteiger partial charge on any atom is -0.452 e. The lowest BCUT2D eigenvalue weighted by molar-refractivity contribution is 0.461. The van der Waals surface area contributed by atoms with E-state index < -0.39 is 0 Å². The zero-order valence-electron chi connectivity index (χ0n) is 8.57. The fourth-order valence-corrected chi connectivity index (χ4v) is 1.90. The maximum atomic E-state index is 5.43. The van der Waals surface area contributed by atoms with Crippen LogP contribution in [0.5, 0.6) is 0 Å². The number of hydrogen-bond donors (Lipinski definition) is 1. The summed E-state index contributed by atoms with van der Waals surface area (Å²) in [6.45, 7) is 1.31. The Morgan fingerprint density at radius 1 is 1.44 bits per heavy atom. The number of nitrogens with zero attached hydrogens (tertiary/aromatic N) is 3. The zero-order valence-corrected chi connectivity index (χ0v) is 11.7. The fraction of sp³-hybridized carbons (Fsp3) is 0.333. The molecule has 0 spiro atoms. The van der Waals surface area contributed by atoms with E-state index in [0.717, 1.165) is 16.1 Å². The van der Waals surface area contributed by atoms with Crippen LogP contribution in [0.25, 0.3) is 0 Å². The lowest BCUT2D eigenvalue weighted by Gasteiger charge is -2.01. The van der Waals surface area contributed by atoms with Crippen LogP contribution in [0.3, 0.4) is 0 Å². The van der Waals surface area contributed by atoms with E-state index in [1.807, 2.05) is 17.7 Å². The van der Waals surface area contributed by atoms with E-state index in [2.05, 4.69) is 47.4 Å². The summed E-state index contributed by atoms with van der Waals surface area (Å²) in [7, 11) is 1.91. The van der Waals surface area contributed by atoms with Crippen molar-refractivity contribution in [3.05, 3.63) is 33.1 Å². The number of nitrogens with one attached hydrogen (secondary N) is 1. The number of rotatable bonds is 4. The second-order valence-electron chi connectivity index (χ2n) is 3.30. The van der Waals surface area contributed by atoms with Gasteiger partial charge in [-0.1, -0.05) is 0 Å². The molecule has 0 amide bonds. The summed E-state index contributed by atoms with van der Waals surface area (Å²) >= 11 is 6.65. The Kier molecular flexibility index (Phi) is 3.78. The Morgan fingerprint density at radius 3 is 2.81 bits per heavy atom. The van der Waals surface area contributed by atoms with E-state index in [4.69, 9.17) is 4.42 Å². The molecule has 16 heavy (non-hydrogen) atoms. The van der Waals surface area contributed by atoms with Crippen LogP contribution < -0.4 is 5.32 Å². The zero-order chi connectivity index (χ0) is 11.5. The molecule has 0 unspecified atom stereocenters. The van der Waals surface area contributed by atoms with Crippen molar-refractivity contribution in [2.45, 2.75) is 13.1 Å². The summed E-state index contributed by atoms with van der Waals surface area (Å²) in [5.74, 6) is 1.76. The first-order valence-electron chi connectivity index (χ1n) is 4.64. The highest BCUT2D eigenvalue weighted by Gasteiger charge is 2.06. The molecule has 0 aliphatic carbocycles. The van der Waals surface area contributed by atoms with Crippen molar-refractivity contribution in [1.82, 2.24) is 20.1 Å². The Balaban J connectivity index is 1.87. The summed E-state index contributed by atoms with van der Waals surface area (Å²) in [4.78, 5) is 0. The first kappa shape index (κ1) is 11.8. The van der Waals surface area contributed by atoms with Crippen molar-refractivity contribution in [1.29, 1.82) is 0 Å². The fourth-order valence-electron chi connectivity index (χ4n) is 1.24. The van der Waals surface area contributed by atoms with E-state index in [9.17, 15) is 0 Å². The average molecular weight is 350 g/mol. The first-order chi connectivity index (χ1) is 7.66. The topological polar surface area (TPSA) is 55.9 Å². The molecule has 2 rings (SSSR count). The van der Waals surface area contributed by atoms with E-state index in [-0.39, 0.29) is 0 Å². The third kappa shape index (κ3) is 2.72. The van der Waals surface area contributed by atoms with Gasteiger partial charge in [-0.25, -0.2) is 0 Å². The van der Waals surface area contributed by atoms with Crippen LogP contribution in [-0.4, -0.2) is 14.8 Å². The Labute approximate surface area is 109 Å². The van der Waals surface area contributed by atoms with E-state index in [0.29, 0.717) is 17.8 Å². The second kappa shape index (κ2) is 5.11. The SMILES string of the molecule is Cn1cnnc1CNCc1cc(Br)c(Br)o1. The molecular weight excluding hydrogens is 340 g/mol. The van der Waals surface area contributed by atoms with Gasteiger partial charge in [0.05, 0.1) is 17.6 Å². The van der Waals surface area contributed by atoms with Crippen LogP contribution in [0.15, 0.2) is 26.0 Å². The molecule has 0 aliphatic heterocycles. The molecule has 5 nitrogen and oxygen atoms in total. The van der Waals surface area contributed by atoms with Gasteiger partial charge in [-0.15, -0.1) is 10.2 Å². The van der Waals surface area contributed by atoms with Gasteiger partial charge in [0.25, 0.3) is 0 Å². The van der Waals surface area contributed by atoms with Crippen molar-refractivity contribution in [3.63, 3.8) is 0 Å². The number of aromatic nitrogens is 3. The molecular formula is C9H10Br2N4O. The van der Waals surface area contributed by atoms with Crippen LogP contribution in [0.2, 0.25) is 0 Å². The van der Waals surface area contributed by atoms with Gasteiger partial charge in [0.15, 0.2) is 4.67 Å². The highest BCUT2D eigenvalue weighted by atomic mass is 79.9. The van der Waals surface area contributed by atoms with Crippen molar-refractivity contribution in [2.24, 2.45) is 7.05 Å². The normalized spacial score (nSPS) is 10.9. The Hall–Kier alpha value is -0.660. The van der Waals surface area contributed by atoms with Crippen LogP contribution in [-0.2, 0) is 20.1 Å². The monoisotopic (exact) mass is 348 g/mol. The molecule has 0 fully saturated rings. The molecule has 2 heterocycles. The summed E-state index contributed by atoms with van der Waals surface area (Å²) in [6, 6.07) is 1.92. The van der Waals surface area contributed by atoms with Crippen molar-refractivity contribution in [3.8, 4) is 0 Å². The van der Waals surface area contributed by atoms with Crippen LogP contribution in [0, 0.1) is 0 Å². The number of aryl methyl sites for hydroxylation is 1. The molecule has 7 heteroatoms. The van der Waals surface area contributed by atoms with Gasteiger partial charge in [0.1, 0.15) is 17.9 Å². The van der Waals surface area contributed by atoms with Gasteiger partial charge in [0, 0.05) is 7.05 Å². The minimum atomic E-state index is 0.650. The lowest BCUT2D eigenvalue weighted by Crippen LogP contribution is -2.15. The molecule has 86 valence electrons. The summed E-state index contributed by atoms with van der Waals surface area (Å²) in [5, 5.41) is 11.0. The van der Waals surface area contributed by atoms with Gasteiger partial charge < -0.3 is 14.3 Å². The smallest absolute Gasteiger partial charge is 0.183 e. The molecule has 2 aromatic rings. The molecule has 0 atom stereocenters. The van der Waals surface area contributed by atoms with Gasteiger partial charge in [-0.05, 0) is 37.9 Å². The number of halogens is 2. The third-order valence-electron chi connectivity index (χ3n) is 2.08. The molecule has 0 bridgehead atoms. The molecule has 1 N–H and O–H groups in total. The van der Waals surface area contributed by atoms with E-state index in [1.54, 1.807) is 6.33 Å². The third-order valence-corrected chi connectivity index (χ3v) is 3.79. The van der Waals surface area contributed by atoms with Crippen molar-refractivity contribution >= 4 is 31.9 Å². The molecule has 0 aromatic carbocycles. The van der Waals surface area contributed by atoms with Gasteiger partial charge in [-0.3, -0.25) is 0 Å². The van der Waals surface area contributed by atoms with Gasteiger partial charge in [-0.2, -0.15) is 0 Å². The summed E-state index contributed by atoms with van der Waals surface area (Å²) in [5.41, 5.74) is 0. The molecule has 0 saturated heterocycles. The first-order valence-corrected chi connectivity index (χ1v) is 6.22. The van der Waals surface area contributed by atoms with E-state index >= 15 is 0 Å². The van der Waals surface area contributed by atoms with Gasteiger partial charge >= 0.3 is 0 Å². The maximum absolute atomic E-state index is 5.43. The number of furan rings is 1. The largest absolute Gasteiger partial charge is 0.452 e. The van der Waals surface area contributed by atoms with E-state index in [1.165, 1.54) is 0 Å². The quantitative estimate of drug-likeness (QED) is 0.919. The van der Waals surface area contributed by atoms with Gasteiger partial charge in [0.2, 0.25) is 0 Å². The lowest BCUT2D eigenvalue weighted by atomic mass is 10.4. The second-order valence-corrected chi connectivity index (χ2v) is 4.87. The summed E-state index contributed by atoms with van der Waals surface area (Å²) in [6.07, 6.45) is 1.68. The maximum Gasteiger partial charge on any atom is 0.183 e. The highest BCUT2D eigenvalue weighted by Crippen LogP contribution is 2.26. The average Bonchev–Trinajstić information content (AvgIpc) is 2.76. The van der Waals surface area contributed by atoms with Crippen LogP contribution in [0.1, 0.15) is 11.6 Å². The molecule has 2 aromatic heterocycles. The molecule has 0 aliphatic rings. The standard InChI is InChI=1S/C9H10Br2N4O/c1-15-5-13-14-8(15)4-12-3-6-2-7(10)9(11)16-6/h2,5,12H,3-4H2,1H3. The minimum absolute atomic E-state index is 0.650. The van der Waals surface area contributed by atoms with Crippen LogP contribution in [0.4, 0.5) is 0 Å². The van der Waals surface area contributed by atoms with Crippen molar-refractivity contribution in [2.75, 3.05) is 0 Å². The summed E-state index contributed by atoms with van der Waals surface area (Å²) < 4.78 is 8.93. The Morgan fingerprint density at radius 2 is 2.25 bits per heavy atom. The molecule has 0 saturated carbocycles. The highest BCUT2D eigenvalue weighted by molar-refractivity contribution is 9.13. The van der Waals surface area contributed by atoms with Crippen LogP contribution >= 0.6 is 31.9 Å². The predicted octanol–water partition coefficient (Wildman–Crippen LogP) is 2.22. The Bertz CT molecular complexity index is 460. The predicted molar refractivity (Wildman–Crippen MR) is 65.7 cm³/mol.